The number of aromatic nitrogens is 2. The molecule has 4 unspecified atom stereocenters. The normalized spacial score (nSPS) is 21.8. The number of fused-ring (bicyclic) bond motifs is 4. The number of nitrogens with zero attached hydrogens (tertiary/aromatic N) is 4. The number of aryl methyl sites for hydroxylation is 2. The zero-order chi connectivity index (χ0) is 43.7. The van der Waals surface area contributed by atoms with Gasteiger partial charge >= 0.3 is 6.03 Å². The zero-order valence-corrected chi connectivity index (χ0v) is 37.4. The van der Waals surface area contributed by atoms with Gasteiger partial charge < -0.3 is 48.2 Å². The maximum absolute atomic E-state index is 14.7. The molecule has 10 rings (SSSR count). The lowest BCUT2D eigenvalue weighted by Gasteiger charge is -2.48. The molecule has 2 saturated heterocycles. The van der Waals surface area contributed by atoms with Gasteiger partial charge in [-0.25, -0.2) is 4.79 Å². The first-order chi connectivity index (χ1) is 31.4. The number of carbonyl (C=O) groups is 1. The van der Waals surface area contributed by atoms with E-state index in [4.69, 9.17) is 28.4 Å². The first-order valence-electron chi connectivity index (χ1n) is 22.8. The van der Waals surface area contributed by atoms with Gasteiger partial charge in [0, 0.05) is 72.5 Å². The van der Waals surface area contributed by atoms with E-state index >= 15 is 0 Å². The molecule has 2 amide bonds. The van der Waals surface area contributed by atoms with Crippen molar-refractivity contribution >= 4 is 27.8 Å². The molecule has 336 valence electrons. The molecule has 2 aromatic heterocycles. The van der Waals surface area contributed by atoms with Gasteiger partial charge in [-0.2, -0.15) is 0 Å². The van der Waals surface area contributed by atoms with Gasteiger partial charge in [0.25, 0.3) is 0 Å². The van der Waals surface area contributed by atoms with E-state index in [1.165, 1.54) is 44.2 Å². The SMILES string of the molecule is COc1cc2c(cc1OC)C(CCc1c[nH]c3ccccc13)N(C1CN(C(=O)N3CCOC(N4CCc5cc(OC)c(OC)cc5C4CCc4c[nH]c5ccccc45)C3)CCO1)CC2. The summed E-state index contributed by atoms with van der Waals surface area (Å²) in [5.41, 5.74) is 9.86. The highest BCUT2D eigenvalue weighted by Gasteiger charge is 2.41. The summed E-state index contributed by atoms with van der Waals surface area (Å²) in [5, 5.41) is 2.50. The largest absolute Gasteiger partial charge is 0.493 e. The maximum Gasteiger partial charge on any atom is 0.320 e. The number of H-pyrrole nitrogens is 2. The third kappa shape index (κ3) is 8.03. The molecule has 4 aliphatic rings. The number of benzene rings is 4. The average Bonchev–Trinajstić information content (AvgIpc) is 3.97. The Morgan fingerprint density at radius 2 is 1.02 bits per heavy atom. The number of amides is 2. The number of hydrogen-bond acceptors (Lipinski definition) is 9. The lowest BCUT2D eigenvalue weighted by atomic mass is 9.88. The zero-order valence-electron chi connectivity index (χ0n) is 37.4. The molecule has 4 aromatic carbocycles. The number of aromatic amines is 2. The number of rotatable bonds is 12. The molecule has 6 heterocycles. The van der Waals surface area contributed by atoms with Crippen LogP contribution in [0.4, 0.5) is 4.79 Å². The van der Waals surface area contributed by atoms with Gasteiger partial charge in [-0.15, -0.1) is 0 Å². The Labute approximate surface area is 375 Å². The average molecular weight is 869 g/mol. The second-order valence-electron chi connectivity index (χ2n) is 17.4. The Kier molecular flexibility index (Phi) is 12.1. The standard InChI is InChI=1S/C51H60N6O7/c1-59-45-25-33-17-19-56(43(39(33)27-47(45)61-3)15-13-35-29-52-41-11-7-5-9-37(35)41)49-31-54(21-23-63-49)51(58)55-22-24-64-50(32-55)57-20-18-34-26-46(60-2)48(62-4)28-40(34)44(57)16-14-36-30-53-42-12-8-6-10-38(36)42/h5-12,25-30,43-44,49-50,52-53H,13-24,31-32H2,1-4H3. The van der Waals surface area contributed by atoms with Crippen molar-refractivity contribution in [1.82, 2.24) is 29.6 Å². The second kappa shape index (κ2) is 18.4. The Balaban J connectivity index is 0.876. The molecule has 2 N–H and O–H groups in total. The van der Waals surface area contributed by atoms with Crippen LogP contribution >= 0.6 is 0 Å². The summed E-state index contributed by atoms with van der Waals surface area (Å²) in [6.45, 7) is 4.61. The van der Waals surface area contributed by atoms with Crippen molar-refractivity contribution in [2.45, 2.75) is 63.1 Å². The van der Waals surface area contributed by atoms with Gasteiger partial charge in [-0.05, 0) is 108 Å². The van der Waals surface area contributed by atoms with Crippen LogP contribution in [-0.4, -0.2) is 129 Å². The smallest absolute Gasteiger partial charge is 0.320 e. The molecule has 64 heavy (non-hydrogen) atoms. The summed E-state index contributed by atoms with van der Waals surface area (Å²) >= 11 is 0. The molecular formula is C51H60N6O7. The maximum atomic E-state index is 14.7. The van der Waals surface area contributed by atoms with Crippen molar-refractivity contribution in [3.63, 3.8) is 0 Å². The highest BCUT2D eigenvalue weighted by atomic mass is 16.5. The van der Waals surface area contributed by atoms with Crippen molar-refractivity contribution < 1.29 is 33.2 Å². The summed E-state index contributed by atoms with van der Waals surface area (Å²) in [7, 11) is 6.77. The number of morpholine rings is 2. The monoisotopic (exact) mass is 868 g/mol. The summed E-state index contributed by atoms with van der Waals surface area (Å²) in [4.78, 5) is 30.6. The van der Waals surface area contributed by atoms with Gasteiger partial charge in [0.05, 0.1) is 54.7 Å². The number of urea groups is 1. The fourth-order valence-corrected chi connectivity index (χ4v) is 10.9. The van der Waals surface area contributed by atoms with E-state index in [0.717, 1.165) is 85.6 Å². The Hall–Kier alpha value is -5.73. The van der Waals surface area contributed by atoms with Crippen LogP contribution in [0.3, 0.4) is 0 Å². The lowest BCUT2D eigenvalue weighted by Crippen LogP contribution is -2.60. The van der Waals surface area contributed by atoms with Gasteiger partial charge in [0.1, 0.15) is 12.5 Å². The predicted octanol–water partition coefficient (Wildman–Crippen LogP) is 7.88. The number of nitrogens with one attached hydrogen (secondary N) is 2. The highest BCUT2D eigenvalue weighted by Crippen LogP contribution is 2.43. The second-order valence-corrected chi connectivity index (χ2v) is 17.4. The predicted molar refractivity (Wildman–Crippen MR) is 247 cm³/mol. The quantitative estimate of drug-likeness (QED) is 0.127. The van der Waals surface area contributed by atoms with Crippen LogP contribution in [0.5, 0.6) is 23.0 Å². The van der Waals surface area contributed by atoms with Crippen LogP contribution in [0.2, 0.25) is 0 Å². The molecule has 4 atom stereocenters. The first-order valence-corrected chi connectivity index (χ1v) is 22.8. The topological polar surface area (TPSA) is 117 Å². The molecule has 0 radical (unpaired) electrons. The molecule has 0 spiro atoms. The van der Waals surface area contributed by atoms with Crippen molar-refractivity contribution in [3.8, 4) is 23.0 Å². The number of hydrogen-bond donors (Lipinski definition) is 2. The molecule has 0 bridgehead atoms. The third-order valence-corrected chi connectivity index (χ3v) is 14.2. The number of methoxy groups -OCH3 is 4. The van der Waals surface area contributed by atoms with E-state index in [1.54, 1.807) is 28.4 Å². The minimum Gasteiger partial charge on any atom is -0.493 e. The minimum absolute atomic E-state index is 0.0416. The van der Waals surface area contributed by atoms with Gasteiger partial charge in [-0.1, -0.05) is 36.4 Å². The Bertz CT molecular complexity index is 2430. The van der Waals surface area contributed by atoms with E-state index in [2.05, 4.69) is 105 Å². The molecule has 13 heteroatoms. The van der Waals surface area contributed by atoms with Crippen LogP contribution in [0.15, 0.2) is 85.2 Å². The number of ether oxygens (including phenoxy) is 6. The molecular weight excluding hydrogens is 809 g/mol. The summed E-state index contributed by atoms with van der Waals surface area (Å²) in [6, 6.07) is 25.7. The van der Waals surface area contributed by atoms with Crippen molar-refractivity contribution in [2.24, 2.45) is 0 Å². The molecule has 13 nitrogen and oxygen atoms in total. The molecule has 0 aliphatic carbocycles. The highest BCUT2D eigenvalue weighted by molar-refractivity contribution is 5.83. The fraction of sp³-hybridized carbons (Fsp3) is 0.431. The Morgan fingerprint density at radius 1 is 0.594 bits per heavy atom. The third-order valence-electron chi connectivity index (χ3n) is 14.2. The van der Waals surface area contributed by atoms with E-state index in [-0.39, 0.29) is 30.6 Å². The van der Waals surface area contributed by atoms with E-state index in [0.29, 0.717) is 39.4 Å². The molecule has 4 aliphatic heterocycles. The van der Waals surface area contributed by atoms with E-state index < -0.39 is 0 Å². The summed E-state index contributed by atoms with van der Waals surface area (Å²) < 4.78 is 36.4. The van der Waals surface area contributed by atoms with E-state index in [1.807, 2.05) is 9.80 Å². The van der Waals surface area contributed by atoms with Crippen molar-refractivity contribution in [2.75, 3.05) is 80.9 Å². The van der Waals surface area contributed by atoms with Gasteiger partial charge in [0.2, 0.25) is 0 Å². The van der Waals surface area contributed by atoms with Gasteiger partial charge in [-0.3, -0.25) is 9.80 Å². The number of carbonyl (C=O) groups excluding carboxylic acids is 1. The van der Waals surface area contributed by atoms with Crippen molar-refractivity contribution in [1.29, 1.82) is 0 Å². The molecule has 6 aromatic rings. The minimum atomic E-state index is -0.261. The van der Waals surface area contributed by atoms with Crippen LogP contribution in [0, 0.1) is 0 Å². The summed E-state index contributed by atoms with van der Waals surface area (Å²) in [6.07, 6.45) is 8.97. The summed E-state index contributed by atoms with van der Waals surface area (Å²) in [5.74, 6) is 2.93. The fourth-order valence-electron chi connectivity index (χ4n) is 10.9. The molecule has 2 fully saturated rings. The van der Waals surface area contributed by atoms with Crippen LogP contribution in [0.1, 0.15) is 58.3 Å². The van der Waals surface area contributed by atoms with Crippen LogP contribution < -0.4 is 18.9 Å². The lowest BCUT2D eigenvalue weighted by molar-refractivity contribution is -0.135. The van der Waals surface area contributed by atoms with Crippen LogP contribution in [0.25, 0.3) is 21.8 Å². The number of para-hydroxylation sites is 2. The van der Waals surface area contributed by atoms with E-state index in [9.17, 15) is 4.79 Å². The van der Waals surface area contributed by atoms with Crippen molar-refractivity contribution in [3.05, 3.63) is 119 Å². The first kappa shape index (κ1) is 42.2. The Morgan fingerprint density at radius 3 is 1.45 bits per heavy atom. The van der Waals surface area contributed by atoms with Crippen LogP contribution in [-0.2, 0) is 35.2 Å². The van der Waals surface area contributed by atoms with Gasteiger partial charge in [0.15, 0.2) is 23.0 Å². The molecule has 0 saturated carbocycles.